The van der Waals surface area contributed by atoms with E-state index >= 15 is 0 Å². The Kier molecular flexibility index (Phi) is 7.93. The third-order valence-electron chi connectivity index (χ3n) is 4.15. The van der Waals surface area contributed by atoms with Crippen molar-refractivity contribution < 1.29 is 38.1 Å². The Hall–Kier alpha value is -3.98. The van der Waals surface area contributed by atoms with Crippen molar-refractivity contribution in [2.24, 2.45) is 0 Å². The van der Waals surface area contributed by atoms with Crippen LogP contribution in [0.3, 0.4) is 0 Å². The van der Waals surface area contributed by atoms with Crippen LogP contribution in [0.4, 0.5) is 0 Å². The molecule has 0 spiro atoms. The predicted octanol–water partition coefficient (Wildman–Crippen LogP) is 4.54. The minimum atomic E-state index is -0.842. The zero-order chi connectivity index (χ0) is 23.8. The van der Waals surface area contributed by atoms with Crippen molar-refractivity contribution in [2.75, 3.05) is 13.2 Å². The lowest BCUT2D eigenvalue weighted by Gasteiger charge is -2.10. The third kappa shape index (κ3) is 5.64. The minimum absolute atomic E-state index is 0.0384. The summed E-state index contributed by atoms with van der Waals surface area (Å²) in [4.78, 5) is 50.2. The van der Waals surface area contributed by atoms with Gasteiger partial charge in [-0.3, -0.25) is 0 Å². The van der Waals surface area contributed by atoms with Crippen LogP contribution in [0, 0.1) is 0 Å². The number of carbonyl (C=O) groups excluding carboxylic acids is 4. The van der Waals surface area contributed by atoms with Crippen LogP contribution in [-0.2, 0) is 9.47 Å². The van der Waals surface area contributed by atoms with Gasteiger partial charge in [-0.1, -0.05) is 36.4 Å². The lowest BCUT2D eigenvalue weighted by Crippen LogP contribution is -2.15. The summed E-state index contributed by atoms with van der Waals surface area (Å²) in [6.07, 6.45) is 0. The second-order valence-electron chi connectivity index (χ2n) is 6.37. The fourth-order valence-corrected chi connectivity index (χ4v) is 3.64. The molecule has 1 heterocycles. The van der Waals surface area contributed by atoms with Crippen LogP contribution in [0.1, 0.15) is 53.9 Å². The highest BCUT2D eigenvalue weighted by Crippen LogP contribution is 2.44. The van der Waals surface area contributed by atoms with Crippen LogP contribution in [0.15, 0.2) is 60.7 Å². The molecule has 0 atom stereocenters. The Morgan fingerprint density at radius 2 is 0.970 bits per heavy atom. The number of thiophene rings is 1. The van der Waals surface area contributed by atoms with Crippen LogP contribution < -0.4 is 9.47 Å². The summed E-state index contributed by atoms with van der Waals surface area (Å²) < 4.78 is 21.0. The van der Waals surface area contributed by atoms with E-state index in [2.05, 4.69) is 0 Å². The maximum Gasteiger partial charge on any atom is 0.352 e. The van der Waals surface area contributed by atoms with Crippen molar-refractivity contribution in [3.05, 3.63) is 81.5 Å². The van der Waals surface area contributed by atoms with Crippen LogP contribution in [0.25, 0.3) is 0 Å². The molecule has 0 unspecified atom stereocenters. The molecule has 2 aromatic carbocycles. The molecule has 0 saturated carbocycles. The number of hydrogen-bond donors (Lipinski definition) is 0. The SMILES string of the molecule is CCOC(=O)c1sc(C(=O)OCC)c(OC(=O)c2ccccc2)c1OC(=O)c1ccccc1. The molecule has 33 heavy (non-hydrogen) atoms. The molecule has 0 aliphatic carbocycles. The van der Waals surface area contributed by atoms with E-state index in [-0.39, 0.29) is 45.6 Å². The zero-order valence-electron chi connectivity index (χ0n) is 17.9. The quantitative estimate of drug-likeness (QED) is 0.444. The summed E-state index contributed by atoms with van der Waals surface area (Å²) in [6, 6.07) is 16.0. The summed E-state index contributed by atoms with van der Waals surface area (Å²) in [5, 5.41) is 0. The Bertz CT molecular complexity index is 1060. The molecule has 3 aromatic rings. The average Bonchev–Trinajstić information content (AvgIpc) is 3.18. The minimum Gasteiger partial charge on any atom is -0.462 e. The number of benzene rings is 2. The van der Waals surface area contributed by atoms with Gasteiger partial charge in [0, 0.05) is 0 Å². The van der Waals surface area contributed by atoms with Gasteiger partial charge >= 0.3 is 23.9 Å². The third-order valence-corrected chi connectivity index (χ3v) is 5.27. The van der Waals surface area contributed by atoms with Gasteiger partial charge in [0.25, 0.3) is 0 Å². The second kappa shape index (κ2) is 11.1. The summed E-state index contributed by atoms with van der Waals surface area (Å²) in [7, 11) is 0. The largest absolute Gasteiger partial charge is 0.462 e. The first-order valence-corrected chi connectivity index (χ1v) is 10.8. The van der Waals surface area contributed by atoms with Gasteiger partial charge < -0.3 is 18.9 Å². The predicted molar refractivity (Wildman–Crippen MR) is 119 cm³/mol. The van der Waals surface area contributed by atoms with Gasteiger partial charge in [0.15, 0.2) is 21.3 Å². The van der Waals surface area contributed by atoms with Crippen LogP contribution in [0.5, 0.6) is 11.5 Å². The van der Waals surface area contributed by atoms with E-state index in [1.807, 2.05) is 0 Å². The molecule has 0 amide bonds. The summed E-state index contributed by atoms with van der Waals surface area (Å²) >= 11 is 0.653. The molecule has 0 saturated heterocycles. The highest BCUT2D eigenvalue weighted by molar-refractivity contribution is 7.16. The molecule has 9 heteroatoms. The maximum absolute atomic E-state index is 12.7. The van der Waals surface area contributed by atoms with Crippen molar-refractivity contribution >= 4 is 35.2 Å². The first-order chi connectivity index (χ1) is 16.0. The molecule has 0 aliphatic rings. The lowest BCUT2D eigenvalue weighted by molar-refractivity contribution is 0.0508. The Balaban J connectivity index is 2.10. The summed E-state index contributed by atoms with van der Waals surface area (Å²) in [5.41, 5.74) is 0.382. The van der Waals surface area contributed by atoms with Gasteiger partial charge in [0.1, 0.15) is 0 Å². The number of carbonyl (C=O) groups is 4. The summed E-state index contributed by atoms with van der Waals surface area (Å²) in [6.45, 7) is 3.28. The van der Waals surface area contributed by atoms with E-state index in [1.54, 1.807) is 50.2 Å². The first-order valence-electron chi connectivity index (χ1n) is 10.0. The maximum atomic E-state index is 12.7. The van der Waals surface area contributed by atoms with Crippen molar-refractivity contribution in [3.8, 4) is 11.5 Å². The fraction of sp³-hybridized carbons (Fsp3) is 0.167. The average molecular weight is 468 g/mol. The number of esters is 4. The zero-order valence-corrected chi connectivity index (χ0v) is 18.7. The summed E-state index contributed by atoms with van der Waals surface area (Å²) in [5.74, 6) is -4.09. The van der Waals surface area contributed by atoms with E-state index < -0.39 is 23.9 Å². The van der Waals surface area contributed by atoms with Crippen molar-refractivity contribution in [2.45, 2.75) is 13.8 Å². The standard InChI is InChI=1S/C24H20O8S/c1-3-29-23(27)19-17(31-21(25)15-11-7-5-8-12-15)18(20(33-19)24(28)30-4-2)32-22(26)16-13-9-6-10-14-16/h5-14H,3-4H2,1-2H3. The molecule has 0 N–H and O–H groups in total. The van der Waals surface area contributed by atoms with Crippen molar-refractivity contribution in [1.29, 1.82) is 0 Å². The molecule has 1 aromatic heterocycles. The highest BCUT2D eigenvalue weighted by atomic mass is 32.1. The molecule has 8 nitrogen and oxygen atoms in total. The molecule has 3 rings (SSSR count). The van der Waals surface area contributed by atoms with E-state index in [1.165, 1.54) is 24.3 Å². The molecule has 170 valence electrons. The monoisotopic (exact) mass is 468 g/mol. The van der Waals surface area contributed by atoms with E-state index in [9.17, 15) is 19.2 Å². The topological polar surface area (TPSA) is 105 Å². The molecular formula is C24H20O8S. The van der Waals surface area contributed by atoms with E-state index in [0.29, 0.717) is 11.3 Å². The van der Waals surface area contributed by atoms with Gasteiger partial charge in [-0.15, -0.1) is 11.3 Å². The van der Waals surface area contributed by atoms with E-state index in [4.69, 9.17) is 18.9 Å². The fourth-order valence-electron chi connectivity index (χ4n) is 2.70. The molecule has 0 radical (unpaired) electrons. The molecule has 0 bridgehead atoms. The first kappa shape index (κ1) is 23.7. The molecule has 0 fully saturated rings. The number of ether oxygens (including phenoxy) is 4. The van der Waals surface area contributed by atoms with Crippen LogP contribution >= 0.6 is 11.3 Å². The number of hydrogen-bond acceptors (Lipinski definition) is 9. The van der Waals surface area contributed by atoms with Gasteiger partial charge in [-0.05, 0) is 38.1 Å². The smallest absolute Gasteiger partial charge is 0.352 e. The van der Waals surface area contributed by atoms with Gasteiger partial charge in [-0.25, -0.2) is 19.2 Å². The second-order valence-corrected chi connectivity index (χ2v) is 7.39. The normalized spacial score (nSPS) is 10.2. The van der Waals surface area contributed by atoms with Crippen molar-refractivity contribution in [1.82, 2.24) is 0 Å². The Morgan fingerprint density at radius 1 is 0.606 bits per heavy atom. The lowest BCUT2D eigenvalue weighted by atomic mass is 10.2. The number of rotatable bonds is 8. The van der Waals surface area contributed by atoms with Crippen LogP contribution in [-0.4, -0.2) is 37.1 Å². The Labute approximate surface area is 193 Å². The van der Waals surface area contributed by atoms with E-state index in [0.717, 1.165) is 0 Å². The molecular weight excluding hydrogens is 448 g/mol. The van der Waals surface area contributed by atoms with Crippen LogP contribution in [0.2, 0.25) is 0 Å². The Morgan fingerprint density at radius 3 is 1.30 bits per heavy atom. The van der Waals surface area contributed by atoms with Gasteiger partial charge in [0.2, 0.25) is 0 Å². The van der Waals surface area contributed by atoms with Crippen molar-refractivity contribution in [3.63, 3.8) is 0 Å². The highest BCUT2D eigenvalue weighted by Gasteiger charge is 2.34. The van der Waals surface area contributed by atoms with Gasteiger partial charge in [-0.2, -0.15) is 0 Å². The molecule has 0 aliphatic heterocycles. The van der Waals surface area contributed by atoms with Gasteiger partial charge in [0.05, 0.1) is 24.3 Å².